The number of nitro benzene ring substituents is 1. The fraction of sp³-hybridized carbons (Fsp3) is 0.333. The Labute approximate surface area is 166 Å². The maximum absolute atomic E-state index is 11.1. The Hall–Kier alpha value is -2.10. The lowest BCUT2D eigenvalue weighted by Gasteiger charge is -2.15. The SMILES string of the molecule is C[Si](C)(C)CCOCn1cc(Br)c2c(-c3cccc([N+](=O)[O-])c3)ncnc21. The molecule has 0 atom stereocenters. The van der Waals surface area contributed by atoms with E-state index in [1.807, 2.05) is 16.8 Å². The molecule has 0 aliphatic carbocycles. The van der Waals surface area contributed by atoms with Crippen molar-refractivity contribution in [1.82, 2.24) is 14.5 Å². The van der Waals surface area contributed by atoms with Gasteiger partial charge < -0.3 is 9.30 Å². The number of aromatic nitrogens is 3. The quantitative estimate of drug-likeness (QED) is 0.217. The molecule has 0 saturated carbocycles. The number of hydrogen-bond acceptors (Lipinski definition) is 5. The number of nitrogens with zero attached hydrogens (tertiary/aromatic N) is 4. The Morgan fingerprint density at radius 3 is 2.78 bits per heavy atom. The average Bonchev–Trinajstić information content (AvgIpc) is 2.94. The summed E-state index contributed by atoms with van der Waals surface area (Å²) in [6.07, 6.45) is 3.39. The lowest BCUT2D eigenvalue weighted by Crippen LogP contribution is -2.22. The van der Waals surface area contributed by atoms with Gasteiger partial charge in [0, 0.05) is 43.0 Å². The number of non-ortho nitro benzene ring substituents is 1. The smallest absolute Gasteiger partial charge is 0.270 e. The molecule has 142 valence electrons. The van der Waals surface area contributed by atoms with Gasteiger partial charge in [-0.3, -0.25) is 10.1 Å². The number of benzene rings is 1. The summed E-state index contributed by atoms with van der Waals surface area (Å²) >= 11 is 3.57. The van der Waals surface area contributed by atoms with E-state index < -0.39 is 13.0 Å². The van der Waals surface area contributed by atoms with E-state index >= 15 is 0 Å². The molecule has 7 nitrogen and oxygen atoms in total. The van der Waals surface area contributed by atoms with Gasteiger partial charge in [0.15, 0.2) is 0 Å². The lowest BCUT2D eigenvalue weighted by molar-refractivity contribution is -0.384. The Balaban J connectivity index is 1.92. The van der Waals surface area contributed by atoms with Crippen molar-refractivity contribution in [2.75, 3.05) is 6.61 Å². The molecule has 1 aromatic carbocycles. The summed E-state index contributed by atoms with van der Waals surface area (Å²) in [5.41, 5.74) is 2.09. The molecule has 3 aromatic rings. The van der Waals surface area contributed by atoms with Crippen LogP contribution in [0.25, 0.3) is 22.3 Å². The second kappa shape index (κ2) is 7.87. The van der Waals surface area contributed by atoms with E-state index in [1.165, 1.54) is 18.5 Å². The standard InChI is InChI=1S/C18H21BrN4O3Si/c1-27(2,3)8-7-26-12-22-10-15(19)16-17(20-11-21-18(16)22)13-5-4-6-14(9-13)23(24)25/h4-6,9-11H,7-8,12H2,1-3H3. The summed E-state index contributed by atoms with van der Waals surface area (Å²) < 4.78 is 8.59. The van der Waals surface area contributed by atoms with Crippen molar-refractivity contribution in [3.8, 4) is 11.3 Å². The number of hydrogen-bond donors (Lipinski definition) is 0. The second-order valence-corrected chi connectivity index (χ2v) is 14.0. The van der Waals surface area contributed by atoms with E-state index in [2.05, 4.69) is 45.5 Å². The summed E-state index contributed by atoms with van der Waals surface area (Å²) in [6.45, 7) is 8.07. The maximum Gasteiger partial charge on any atom is 0.270 e. The van der Waals surface area contributed by atoms with Crippen LogP contribution < -0.4 is 0 Å². The van der Waals surface area contributed by atoms with Crippen molar-refractivity contribution in [2.45, 2.75) is 32.4 Å². The van der Waals surface area contributed by atoms with E-state index in [0.717, 1.165) is 28.2 Å². The van der Waals surface area contributed by atoms with Crippen LogP contribution in [0.15, 0.2) is 41.3 Å². The number of ether oxygens (including phenoxy) is 1. The van der Waals surface area contributed by atoms with E-state index in [-0.39, 0.29) is 5.69 Å². The van der Waals surface area contributed by atoms with Crippen molar-refractivity contribution in [3.63, 3.8) is 0 Å². The van der Waals surface area contributed by atoms with Gasteiger partial charge in [-0.15, -0.1) is 0 Å². The van der Waals surface area contributed by atoms with Gasteiger partial charge in [0.2, 0.25) is 0 Å². The van der Waals surface area contributed by atoms with Crippen molar-refractivity contribution in [2.24, 2.45) is 0 Å². The van der Waals surface area contributed by atoms with Gasteiger partial charge in [0.1, 0.15) is 18.7 Å². The van der Waals surface area contributed by atoms with Gasteiger partial charge in [-0.1, -0.05) is 31.8 Å². The van der Waals surface area contributed by atoms with Gasteiger partial charge in [0.25, 0.3) is 5.69 Å². The maximum atomic E-state index is 11.1. The molecular weight excluding hydrogens is 428 g/mol. The molecule has 0 aliphatic rings. The van der Waals surface area contributed by atoms with Gasteiger partial charge in [-0.05, 0) is 22.0 Å². The molecule has 0 spiro atoms. The van der Waals surface area contributed by atoms with Crippen molar-refractivity contribution in [1.29, 1.82) is 0 Å². The molecule has 2 aromatic heterocycles. The van der Waals surface area contributed by atoms with Crippen LogP contribution in [0.1, 0.15) is 0 Å². The molecule has 0 unspecified atom stereocenters. The topological polar surface area (TPSA) is 83.1 Å². The van der Waals surface area contributed by atoms with Crippen molar-refractivity contribution < 1.29 is 9.66 Å². The highest BCUT2D eigenvalue weighted by Gasteiger charge is 2.17. The molecule has 0 saturated heterocycles. The third-order valence-electron chi connectivity index (χ3n) is 4.16. The Kier molecular flexibility index (Phi) is 5.73. The van der Waals surface area contributed by atoms with E-state index in [9.17, 15) is 10.1 Å². The van der Waals surface area contributed by atoms with Crippen LogP contribution in [0.3, 0.4) is 0 Å². The molecular formula is C18H21BrN4O3Si. The minimum absolute atomic E-state index is 0.0319. The first kappa shape index (κ1) is 19.7. The highest BCUT2D eigenvalue weighted by molar-refractivity contribution is 9.10. The molecule has 0 radical (unpaired) electrons. The van der Waals surface area contributed by atoms with Crippen LogP contribution in [-0.4, -0.2) is 34.1 Å². The predicted octanol–water partition coefficient (Wildman–Crippen LogP) is 5.08. The van der Waals surface area contributed by atoms with Crippen LogP contribution in [0.2, 0.25) is 25.7 Å². The minimum Gasteiger partial charge on any atom is -0.361 e. The summed E-state index contributed by atoms with van der Waals surface area (Å²) in [4.78, 5) is 19.4. The zero-order valence-corrected chi connectivity index (χ0v) is 18.1. The summed E-state index contributed by atoms with van der Waals surface area (Å²) in [5.74, 6) is 0. The summed E-state index contributed by atoms with van der Waals surface area (Å²) in [6, 6.07) is 7.56. The van der Waals surface area contributed by atoms with Gasteiger partial charge >= 0.3 is 0 Å². The highest BCUT2D eigenvalue weighted by atomic mass is 79.9. The molecule has 2 heterocycles. The number of halogens is 1. The average molecular weight is 449 g/mol. The van der Waals surface area contributed by atoms with Gasteiger partial charge in [0.05, 0.1) is 16.0 Å². The Bertz CT molecular complexity index is 984. The third-order valence-corrected chi connectivity index (χ3v) is 6.47. The largest absolute Gasteiger partial charge is 0.361 e. The number of rotatable bonds is 7. The van der Waals surface area contributed by atoms with Crippen molar-refractivity contribution in [3.05, 3.63) is 51.4 Å². The molecule has 27 heavy (non-hydrogen) atoms. The zero-order chi connectivity index (χ0) is 19.6. The van der Waals surface area contributed by atoms with Crippen molar-refractivity contribution >= 4 is 40.7 Å². The first-order valence-corrected chi connectivity index (χ1v) is 13.1. The first-order valence-electron chi connectivity index (χ1n) is 8.58. The van der Waals surface area contributed by atoms with Crippen LogP contribution in [0.5, 0.6) is 0 Å². The van der Waals surface area contributed by atoms with Gasteiger partial charge in [-0.2, -0.15) is 0 Å². The minimum atomic E-state index is -1.14. The normalized spacial score (nSPS) is 11.9. The molecule has 9 heteroatoms. The molecule has 0 N–H and O–H groups in total. The van der Waals surface area contributed by atoms with Gasteiger partial charge in [-0.25, -0.2) is 9.97 Å². The van der Waals surface area contributed by atoms with E-state index in [4.69, 9.17) is 4.74 Å². The van der Waals surface area contributed by atoms with Crippen LogP contribution >= 0.6 is 15.9 Å². The monoisotopic (exact) mass is 448 g/mol. The molecule has 0 fully saturated rings. The van der Waals surface area contributed by atoms with E-state index in [0.29, 0.717) is 18.0 Å². The summed E-state index contributed by atoms with van der Waals surface area (Å²) in [7, 11) is -1.14. The Morgan fingerprint density at radius 1 is 1.30 bits per heavy atom. The zero-order valence-electron chi connectivity index (χ0n) is 15.5. The first-order chi connectivity index (χ1) is 12.8. The third kappa shape index (κ3) is 4.60. The molecule has 0 amide bonds. The number of fused-ring (bicyclic) bond motifs is 1. The molecule has 0 bridgehead atoms. The highest BCUT2D eigenvalue weighted by Crippen LogP contribution is 2.34. The van der Waals surface area contributed by atoms with Crippen LogP contribution in [0, 0.1) is 10.1 Å². The molecule has 0 aliphatic heterocycles. The lowest BCUT2D eigenvalue weighted by atomic mass is 10.1. The fourth-order valence-electron chi connectivity index (χ4n) is 2.70. The number of nitro groups is 1. The second-order valence-electron chi connectivity index (χ2n) is 7.52. The van der Waals surface area contributed by atoms with E-state index in [1.54, 1.807) is 6.07 Å². The van der Waals surface area contributed by atoms with Crippen LogP contribution in [0.4, 0.5) is 5.69 Å². The fourth-order valence-corrected chi connectivity index (χ4v) is 4.07. The van der Waals surface area contributed by atoms with Crippen LogP contribution in [-0.2, 0) is 11.5 Å². The predicted molar refractivity (Wildman–Crippen MR) is 111 cm³/mol. The molecule has 3 rings (SSSR count). The summed E-state index contributed by atoms with van der Waals surface area (Å²) in [5, 5.41) is 11.9. The Morgan fingerprint density at radius 2 is 2.07 bits per heavy atom.